The Morgan fingerprint density at radius 2 is 2.00 bits per heavy atom. The molecular weight excluding hydrogens is 340 g/mol. The highest BCUT2D eigenvalue weighted by Crippen LogP contribution is 2.17. The fourth-order valence-electron chi connectivity index (χ4n) is 1.89. The van der Waals surface area contributed by atoms with Crippen molar-refractivity contribution in [3.05, 3.63) is 71.8 Å². The van der Waals surface area contributed by atoms with Crippen LogP contribution in [0, 0.1) is 0 Å². The van der Waals surface area contributed by atoms with E-state index in [1.165, 1.54) is 6.21 Å². The topological polar surface area (TPSA) is 59.9 Å². The first kappa shape index (κ1) is 18.5. The van der Waals surface area contributed by atoms with Gasteiger partial charge in [-0.15, -0.1) is 0 Å². The van der Waals surface area contributed by atoms with Crippen LogP contribution in [0.4, 0.5) is 0 Å². The zero-order valence-corrected chi connectivity index (χ0v) is 14.6. The van der Waals surface area contributed by atoms with Gasteiger partial charge in [0, 0.05) is 10.6 Å². The van der Waals surface area contributed by atoms with Gasteiger partial charge in [0.05, 0.1) is 6.21 Å². The average molecular weight is 359 g/mol. The molecule has 0 spiro atoms. The molecule has 5 nitrogen and oxygen atoms in total. The minimum atomic E-state index is -0.703. The molecule has 6 heteroatoms. The fourth-order valence-corrected chi connectivity index (χ4v) is 2.02. The summed E-state index contributed by atoms with van der Waals surface area (Å²) in [5.74, 6) is 0.848. The number of nitrogens with zero attached hydrogens (tertiary/aromatic N) is 1. The number of rotatable bonds is 8. The van der Waals surface area contributed by atoms with Gasteiger partial charge in [-0.3, -0.25) is 4.79 Å². The number of ether oxygens (including phenoxy) is 2. The average Bonchev–Trinajstić information content (AvgIpc) is 2.62. The van der Waals surface area contributed by atoms with Gasteiger partial charge in [-0.05, 0) is 43.3 Å². The van der Waals surface area contributed by atoms with Gasteiger partial charge < -0.3 is 9.47 Å². The Kier molecular flexibility index (Phi) is 7.04. The van der Waals surface area contributed by atoms with Crippen molar-refractivity contribution >= 4 is 23.7 Å². The number of hydrazone groups is 1. The van der Waals surface area contributed by atoms with Gasteiger partial charge >= 0.3 is 0 Å². The molecule has 0 bridgehead atoms. The zero-order valence-electron chi connectivity index (χ0n) is 13.8. The van der Waals surface area contributed by atoms with Gasteiger partial charge in [0.25, 0.3) is 5.91 Å². The van der Waals surface area contributed by atoms with Crippen molar-refractivity contribution in [2.45, 2.75) is 13.0 Å². The van der Waals surface area contributed by atoms with E-state index >= 15 is 0 Å². The number of para-hydroxylation sites is 1. The van der Waals surface area contributed by atoms with E-state index in [0.717, 1.165) is 5.56 Å². The highest BCUT2D eigenvalue weighted by atomic mass is 35.5. The van der Waals surface area contributed by atoms with E-state index in [4.69, 9.17) is 21.1 Å². The lowest BCUT2D eigenvalue weighted by Gasteiger charge is -2.13. The molecule has 0 aliphatic rings. The van der Waals surface area contributed by atoms with Crippen molar-refractivity contribution < 1.29 is 14.3 Å². The molecule has 0 aromatic heterocycles. The van der Waals surface area contributed by atoms with Crippen LogP contribution in [-0.2, 0) is 4.79 Å². The number of carbonyl (C=O) groups excluding carboxylic acids is 1. The molecule has 0 aliphatic carbocycles. The van der Waals surface area contributed by atoms with Gasteiger partial charge in [0.15, 0.2) is 6.10 Å². The lowest BCUT2D eigenvalue weighted by molar-refractivity contribution is -0.127. The Morgan fingerprint density at radius 1 is 1.28 bits per heavy atom. The largest absolute Gasteiger partial charge is 0.489 e. The first-order valence-electron chi connectivity index (χ1n) is 7.68. The second kappa shape index (κ2) is 9.49. The molecule has 0 radical (unpaired) electrons. The van der Waals surface area contributed by atoms with Gasteiger partial charge in [0.1, 0.15) is 18.1 Å². The first-order chi connectivity index (χ1) is 12.1. The Labute approximate surface area is 151 Å². The lowest BCUT2D eigenvalue weighted by atomic mass is 10.2. The minimum Gasteiger partial charge on any atom is -0.489 e. The van der Waals surface area contributed by atoms with Gasteiger partial charge in [-0.2, -0.15) is 5.10 Å². The summed E-state index contributed by atoms with van der Waals surface area (Å²) in [6.45, 7) is 5.64. The molecule has 0 saturated carbocycles. The number of carbonyl (C=O) groups is 1. The van der Waals surface area contributed by atoms with E-state index in [2.05, 4.69) is 17.1 Å². The summed E-state index contributed by atoms with van der Waals surface area (Å²) < 4.78 is 11.1. The third-order valence-electron chi connectivity index (χ3n) is 3.15. The molecule has 2 aromatic carbocycles. The first-order valence-corrected chi connectivity index (χ1v) is 8.06. The fraction of sp³-hybridized carbons (Fsp3) is 0.158. The predicted octanol–water partition coefficient (Wildman–Crippen LogP) is 3.82. The monoisotopic (exact) mass is 358 g/mol. The maximum atomic E-state index is 12.0. The van der Waals surface area contributed by atoms with Gasteiger partial charge in [-0.1, -0.05) is 36.4 Å². The summed E-state index contributed by atoms with van der Waals surface area (Å²) in [5.41, 5.74) is 3.20. The third kappa shape index (κ3) is 5.97. The molecule has 0 saturated heterocycles. The molecule has 1 amide bonds. The van der Waals surface area contributed by atoms with Crippen LogP contribution in [0.15, 0.2) is 66.3 Å². The maximum Gasteiger partial charge on any atom is 0.280 e. The minimum absolute atomic E-state index is 0.365. The number of nitrogens with one attached hydrogen (secondary N) is 1. The molecule has 2 aromatic rings. The standard InChI is InChI=1S/C19H19ClN2O3/c1-3-12-24-18-7-5-4-6-15(18)13-21-22-19(23)14(2)25-17-10-8-16(20)9-11-17/h3-11,13-14H,1,12H2,2H3,(H,22,23)/b21-13-/t14-/m0/s1. The van der Waals surface area contributed by atoms with Gasteiger partial charge in [-0.25, -0.2) is 5.43 Å². The van der Waals surface area contributed by atoms with E-state index < -0.39 is 6.10 Å². The van der Waals surface area contributed by atoms with E-state index in [1.807, 2.05) is 24.3 Å². The van der Waals surface area contributed by atoms with Crippen LogP contribution < -0.4 is 14.9 Å². The van der Waals surface area contributed by atoms with Crippen molar-refractivity contribution in [2.24, 2.45) is 5.10 Å². The van der Waals surface area contributed by atoms with E-state index in [1.54, 1.807) is 37.3 Å². The van der Waals surface area contributed by atoms with Crippen LogP contribution in [0.1, 0.15) is 12.5 Å². The molecule has 1 N–H and O–H groups in total. The quantitative estimate of drug-likeness (QED) is 0.443. The number of halogens is 1. The van der Waals surface area contributed by atoms with Crippen LogP contribution >= 0.6 is 11.6 Å². The molecule has 25 heavy (non-hydrogen) atoms. The highest BCUT2D eigenvalue weighted by Gasteiger charge is 2.13. The van der Waals surface area contributed by atoms with Crippen LogP contribution in [0.2, 0.25) is 5.02 Å². The molecule has 1 atom stereocenters. The number of benzene rings is 2. The third-order valence-corrected chi connectivity index (χ3v) is 3.40. The molecule has 130 valence electrons. The Hall–Kier alpha value is -2.79. The van der Waals surface area contributed by atoms with Gasteiger partial charge in [0.2, 0.25) is 0 Å². The molecule has 2 rings (SSSR count). The van der Waals surface area contributed by atoms with Crippen molar-refractivity contribution in [3.8, 4) is 11.5 Å². The normalized spacial score (nSPS) is 11.8. The van der Waals surface area contributed by atoms with E-state index in [0.29, 0.717) is 23.1 Å². The van der Waals surface area contributed by atoms with Crippen LogP contribution in [0.5, 0.6) is 11.5 Å². The smallest absolute Gasteiger partial charge is 0.280 e. The highest BCUT2D eigenvalue weighted by molar-refractivity contribution is 6.30. The summed E-state index contributed by atoms with van der Waals surface area (Å²) >= 11 is 5.81. The zero-order chi connectivity index (χ0) is 18.1. The lowest BCUT2D eigenvalue weighted by Crippen LogP contribution is -2.33. The Balaban J connectivity index is 1.91. The molecule has 0 fully saturated rings. The summed E-state index contributed by atoms with van der Waals surface area (Å²) in [6, 6.07) is 14.2. The van der Waals surface area contributed by atoms with Crippen LogP contribution in [-0.4, -0.2) is 24.8 Å². The Bertz CT molecular complexity index is 745. The molecular formula is C19H19ClN2O3. The summed E-state index contributed by atoms with van der Waals surface area (Å²) in [7, 11) is 0. The summed E-state index contributed by atoms with van der Waals surface area (Å²) in [4.78, 5) is 12.0. The van der Waals surface area contributed by atoms with Crippen molar-refractivity contribution in [1.82, 2.24) is 5.43 Å². The second-order valence-electron chi connectivity index (χ2n) is 5.09. The summed E-state index contributed by atoms with van der Waals surface area (Å²) in [5, 5.41) is 4.56. The van der Waals surface area contributed by atoms with Crippen molar-refractivity contribution in [2.75, 3.05) is 6.61 Å². The Morgan fingerprint density at radius 3 is 2.72 bits per heavy atom. The molecule has 0 aliphatic heterocycles. The second-order valence-corrected chi connectivity index (χ2v) is 5.52. The maximum absolute atomic E-state index is 12.0. The number of hydrogen-bond acceptors (Lipinski definition) is 4. The predicted molar refractivity (Wildman–Crippen MR) is 99.4 cm³/mol. The van der Waals surface area contributed by atoms with Crippen LogP contribution in [0.25, 0.3) is 0 Å². The van der Waals surface area contributed by atoms with Crippen molar-refractivity contribution in [3.63, 3.8) is 0 Å². The molecule has 0 unspecified atom stereocenters. The number of amides is 1. The van der Waals surface area contributed by atoms with E-state index in [9.17, 15) is 4.79 Å². The number of hydrogen-bond donors (Lipinski definition) is 1. The van der Waals surface area contributed by atoms with E-state index in [-0.39, 0.29) is 5.91 Å². The van der Waals surface area contributed by atoms with Crippen molar-refractivity contribution in [1.29, 1.82) is 0 Å². The van der Waals surface area contributed by atoms with Crippen LogP contribution in [0.3, 0.4) is 0 Å². The molecule has 0 heterocycles. The summed E-state index contributed by atoms with van der Waals surface area (Å²) in [6.07, 6.45) is 2.47. The SMILES string of the molecule is C=CCOc1ccccc1/C=N\NC(=O)[C@H](C)Oc1ccc(Cl)cc1.